The highest BCUT2D eigenvalue weighted by Crippen LogP contribution is 2.67. The lowest BCUT2D eigenvalue weighted by Crippen LogP contribution is -2.57. The molecule has 0 unspecified atom stereocenters. The molecular weight excluding hydrogens is 454 g/mol. The minimum atomic E-state index is -4.07. The summed E-state index contributed by atoms with van der Waals surface area (Å²) < 4.78 is 30.5. The van der Waals surface area contributed by atoms with Gasteiger partial charge in [-0.25, -0.2) is 0 Å². The predicted octanol–water partition coefficient (Wildman–Crippen LogP) is 3.61. The van der Waals surface area contributed by atoms with Crippen molar-refractivity contribution in [2.24, 2.45) is 46.3 Å². The largest absolute Gasteiger partial charge is 0.393 e. The van der Waals surface area contributed by atoms with E-state index in [1.807, 2.05) is 0 Å². The van der Waals surface area contributed by atoms with Gasteiger partial charge >= 0.3 is 0 Å². The van der Waals surface area contributed by atoms with Crippen LogP contribution in [0.5, 0.6) is 0 Å². The third-order valence-electron chi connectivity index (χ3n) is 10.7. The highest BCUT2D eigenvalue weighted by atomic mass is 32.2. The van der Waals surface area contributed by atoms with Crippen molar-refractivity contribution in [1.82, 2.24) is 5.32 Å². The first-order valence-corrected chi connectivity index (χ1v) is 14.9. The Morgan fingerprint density at radius 2 is 1.79 bits per heavy atom. The number of aliphatic hydroxyl groups is 1. The summed E-state index contributed by atoms with van der Waals surface area (Å²) in [6.07, 6.45) is 8.54. The molecule has 0 bridgehead atoms. The van der Waals surface area contributed by atoms with Crippen molar-refractivity contribution in [2.75, 3.05) is 12.3 Å². The molecule has 0 aromatic carbocycles. The van der Waals surface area contributed by atoms with E-state index in [1.54, 1.807) is 0 Å². The van der Waals surface area contributed by atoms with Crippen LogP contribution in [0.15, 0.2) is 0 Å². The lowest BCUT2D eigenvalue weighted by atomic mass is 9.44. The summed E-state index contributed by atoms with van der Waals surface area (Å²) in [5.74, 6) is 1.95. The van der Waals surface area contributed by atoms with Gasteiger partial charge in [-0.05, 0) is 91.8 Å². The van der Waals surface area contributed by atoms with E-state index >= 15 is 0 Å². The Kier molecular flexibility index (Phi) is 7.27. The van der Waals surface area contributed by atoms with Gasteiger partial charge in [-0.15, -0.1) is 0 Å². The van der Waals surface area contributed by atoms with E-state index in [2.05, 4.69) is 26.1 Å². The van der Waals surface area contributed by atoms with Crippen molar-refractivity contribution in [3.8, 4) is 0 Å². The summed E-state index contributed by atoms with van der Waals surface area (Å²) in [4.78, 5) is 25.7. The number of rotatable bonds is 7. The molecule has 4 fully saturated rings. The van der Waals surface area contributed by atoms with Crippen molar-refractivity contribution in [3.63, 3.8) is 0 Å². The first-order valence-electron chi connectivity index (χ1n) is 13.3. The summed E-state index contributed by atoms with van der Waals surface area (Å²) in [5, 5.41) is 12.8. The summed E-state index contributed by atoms with van der Waals surface area (Å²) in [6, 6.07) is 0. The Bertz CT molecular complexity index is 905. The Hall–Kier alpha value is -0.990. The fourth-order valence-electron chi connectivity index (χ4n) is 8.85. The number of Topliss-reactive ketones (excluding diaryl/α,β-unsaturated/α-hetero) is 1. The molecule has 0 aromatic heterocycles. The molecule has 8 heteroatoms. The first kappa shape index (κ1) is 26.1. The second-order valence-corrected chi connectivity index (χ2v) is 14.0. The van der Waals surface area contributed by atoms with Gasteiger partial charge in [0.1, 0.15) is 5.78 Å². The summed E-state index contributed by atoms with van der Waals surface area (Å²) in [6.45, 7) is 6.93. The maximum Gasteiger partial charge on any atom is 0.266 e. The number of fused-ring (bicyclic) bond motifs is 5. The minimum Gasteiger partial charge on any atom is -0.393 e. The molecule has 4 rings (SSSR count). The molecule has 0 spiro atoms. The van der Waals surface area contributed by atoms with Crippen LogP contribution in [-0.4, -0.2) is 48.2 Å². The molecule has 0 heterocycles. The Morgan fingerprint density at radius 3 is 2.50 bits per heavy atom. The number of ketones is 1. The average Bonchev–Trinajstić information content (AvgIpc) is 3.09. The van der Waals surface area contributed by atoms with Crippen LogP contribution in [0.4, 0.5) is 0 Å². The molecule has 3 N–H and O–H groups in total. The molecule has 4 saturated carbocycles. The maximum absolute atomic E-state index is 13.5. The standard InChI is InChI=1S/C26H43NO6S/c1-16(4-7-23(30)27-12-13-34(31,32)33)19-5-6-20-24-21(9-11-26(19,20)3)25(2)10-8-18(28)14-17(25)15-22(24)29/h16-21,24,28H,4-15H2,1-3H3,(H,27,30)(H,31,32,33)/t16-,17+,18-,19-,20+,21+,24+,25+,26-/m1/s1. The van der Waals surface area contributed by atoms with Gasteiger partial charge in [-0.2, -0.15) is 8.42 Å². The molecule has 0 aromatic rings. The Balaban J connectivity index is 1.39. The van der Waals surface area contributed by atoms with Crippen molar-refractivity contribution < 1.29 is 27.7 Å². The zero-order valence-corrected chi connectivity index (χ0v) is 21.8. The van der Waals surface area contributed by atoms with Crippen molar-refractivity contribution in [2.45, 2.75) is 91.1 Å². The number of nitrogens with one attached hydrogen (secondary N) is 1. The molecule has 9 atom stereocenters. The van der Waals surface area contributed by atoms with Crippen LogP contribution in [0.25, 0.3) is 0 Å². The predicted molar refractivity (Wildman–Crippen MR) is 129 cm³/mol. The van der Waals surface area contributed by atoms with Crippen LogP contribution in [0.3, 0.4) is 0 Å². The zero-order valence-electron chi connectivity index (χ0n) is 21.0. The Labute approximate surface area is 204 Å². The van der Waals surface area contributed by atoms with Crippen molar-refractivity contribution in [3.05, 3.63) is 0 Å². The highest BCUT2D eigenvalue weighted by molar-refractivity contribution is 7.85. The molecule has 34 heavy (non-hydrogen) atoms. The van der Waals surface area contributed by atoms with E-state index in [0.29, 0.717) is 48.2 Å². The molecule has 7 nitrogen and oxygen atoms in total. The van der Waals surface area contributed by atoms with Gasteiger partial charge in [0.05, 0.1) is 11.9 Å². The van der Waals surface area contributed by atoms with E-state index in [4.69, 9.17) is 4.55 Å². The lowest BCUT2D eigenvalue weighted by Gasteiger charge is -2.60. The monoisotopic (exact) mass is 497 g/mol. The van der Waals surface area contributed by atoms with Gasteiger partial charge in [0.25, 0.3) is 10.1 Å². The number of hydrogen-bond acceptors (Lipinski definition) is 5. The van der Waals surface area contributed by atoms with E-state index in [1.165, 1.54) is 0 Å². The van der Waals surface area contributed by atoms with Crippen molar-refractivity contribution >= 4 is 21.8 Å². The minimum absolute atomic E-state index is 0.0722. The van der Waals surface area contributed by atoms with E-state index in [0.717, 1.165) is 51.4 Å². The first-order chi connectivity index (χ1) is 15.8. The van der Waals surface area contributed by atoms with E-state index in [9.17, 15) is 23.1 Å². The Morgan fingerprint density at radius 1 is 1.12 bits per heavy atom. The smallest absolute Gasteiger partial charge is 0.266 e. The fraction of sp³-hybridized carbons (Fsp3) is 0.923. The van der Waals surface area contributed by atoms with Gasteiger partial charge in [0.2, 0.25) is 5.91 Å². The number of hydrogen-bond donors (Lipinski definition) is 3. The number of carbonyl (C=O) groups is 2. The van der Waals surface area contributed by atoms with Crippen LogP contribution in [-0.2, 0) is 19.7 Å². The summed E-state index contributed by atoms with van der Waals surface area (Å²) in [7, 11) is -4.07. The van der Waals surface area contributed by atoms with Crippen LogP contribution >= 0.6 is 0 Å². The van der Waals surface area contributed by atoms with Crippen LogP contribution < -0.4 is 5.32 Å². The molecule has 4 aliphatic rings. The van der Waals surface area contributed by atoms with Gasteiger partial charge in [-0.3, -0.25) is 14.1 Å². The molecule has 0 saturated heterocycles. The van der Waals surface area contributed by atoms with Gasteiger partial charge in [-0.1, -0.05) is 20.8 Å². The van der Waals surface area contributed by atoms with E-state index in [-0.39, 0.29) is 35.3 Å². The molecule has 0 aliphatic heterocycles. The topological polar surface area (TPSA) is 121 Å². The lowest BCUT2D eigenvalue weighted by molar-refractivity contribution is -0.160. The summed E-state index contributed by atoms with van der Waals surface area (Å²) >= 11 is 0. The third-order valence-corrected chi connectivity index (χ3v) is 11.4. The second kappa shape index (κ2) is 9.47. The molecular formula is C26H43NO6S. The van der Waals surface area contributed by atoms with Crippen molar-refractivity contribution in [1.29, 1.82) is 0 Å². The average molecular weight is 498 g/mol. The summed E-state index contributed by atoms with van der Waals surface area (Å²) in [5.41, 5.74) is 0.290. The molecule has 194 valence electrons. The fourth-order valence-corrected chi connectivity index (χ4v) is 9.21. The number of carbonyl (C=O) groups excluding carboxylic acids is 2. The van der Waals surface area contributed by atoms with Gasteiger partial charge < -0.3 is 10.4 Å². The van der Waals surface area contributed by atoms with Gasteiger partial charge in [0.15, 0.2) is 0 Å². The van der Waals surface area contributed by atoms with Gasteiger partial charge in [0, 0.05) is 25.3 Å². The van der Waals surface area contributed by atoms with E-state index < -0.39 is 15.9 Å². The van der Waals surface area contributed by atoms with Crippen LogP contribution in [0.1, 0.15) is 85.0 Å². The SMILES string of the molecule is C[C@H](CCC(=O)NCCS(=O)(=O)O)[C@H]1CC[C@H]2[C@@H]3C(=O)C[C@@H]4C[C@H](O)CC[C@]4(C)[C@H]3CC[C@]12C. The normalized spacial score (nSPS) is 42.9. The zero-order chi connectivity index (χ0) is 24.9. The van der Waals surface area contributed by atoms with Crippen LogP contribution in [0.2, 0.25) is 0 Å². The number of aliphatic hydroxyl groups excluding tert-OH is 1. The molecule has 0 radical (unpaired) electrons. The molecule has 4 aliphatic carbocycles. The second-order valence-electron chi connectivity index (χ2n) is 12.4. The quantitative estimate of drug-likeness (QED) is 0.462. The molecule has 1 amide bonds. The maximum atomic E-state index is 13.5. The number of amides is 1. The third kappa shape index (κ3) is 4.83. The van der Waals surface area contributed by atoms with Crippen LogP contribution in [0, 0.1) is 46.3 Å². The highest BCUT2D eigenvalue weighted by Gasteiger charge is 2.63.